The van der Waals surface area contributed by atoms with Gasteiger partial charge in [0.25, 0.3) is 0 Å². The smallest absolute Gasteiger partial charge is 0.239 e. The van der Waals surface area contributed by atoms with Crippen molar-refractivity contribution in [2.75, 3.05) is 13.3 Å². The van der Waals surface area contributed by atoms with Gasteiger partial charge in [0.15, 0.2) is 0 Å². The maximum atomic E-state index is 12.1. The highest BCUT2D eigenvalue weighted by Gasteiger charge is 2.49. The fourth-order valence-corrected chi connectivity index (χ4v) is 4.92. The van der Waals surface area contributed by atoms with E-state index in [1.165, 1.54) is 51.4 Å². The summed E-state index contributed by atoms with van der Waals surface area (Å²) in [6.07, 6.45) is 18.7. The zero-order valence-corrected chi connectivity index (χ0v) is 19.2. The van der Waals surface area contributed by atoms with Crippen molar-refractivity contribution in [3.05, 3.63) is 0 Å². The molecule has 0 unspecified atom stereocenters. The minimum Gasteiger partial charge on any atom is -0.359 e. The van der Waals surface area contributed by atoms with Gasteiger partial charge in [-0.3, -0.25) is 14.3 Å². The summed E-state index contributed by atoms with van der Waals surface area (Å²) in [6, 6.07) is 0. The van der Waals surface area contributed by atoms with Gasteiger partial charge in [-0.2, -0.15) is 0 Å². The second-order valence-electron chi connectivity index (χ2n) is 9.38. The van der Waals surface area contributed by atoms with Crippen molar-refractivity contribution in [2.24, 2.45) is 10.8 Å². The maximum Gasteiger partial charge on any atom is 0.239 e. The lowest BCUT2D eigenvalue weighted by Crippen LogP contribution is -2.36. The summed E-state index contributed by atoms with van der Waals surface area (Å²) >= 11 is 0. The molecule has 168 valence electrons. The molecule has 0 radical (unpaired) electrons. The molecule has 2 fully saturated rings. The SMILES string of the molecule is CNC(=O)C1(CCCCCCCCCCCCC2(C(=O)NS(C)(=O)=O)CC2)CC1. The van der Waals surface area contributed by atoms with E-state index in [1.54, 1.807) is 7.05 Å². The third-order valence-electron chi connectivity index (χ3n) is 6.74. The Morgan fingerprint density at radius 3 is 1.34 bits per heavy atom. The Hall–Kier alpha value is -1.11. The van der Waals surface area contributed by atoms with Crippen LogP contribution in [-0.4, -0.2) is 33.5 Å². The predicted octanol–water partition coefficient (Wildman–Crippen LogP) is 4.05. The lowest BCUT2D eigenvalue weighted by atomic mass is 9.96. The van der Waals surface area contributed by atoms with Crippen LogP contribution in [0.3, 0.4) is 0 Å². The van der Waals surface area contributed by atoms with Gasteiger partial charge in [-0.05, 0) is 38.5 Å². The Morgan fingerprint density at radius 1 is 0.690 bits per heavy atom. The molecule has 2 amide bonds. The Labute approximate surface area is 177 Å². The van der Waals surface area contributed by atoms with Gasteiger partial charge in [0, 0.05) is 12.5 Å². The number of hydrogen-bond donors (Lipinski definition) is 2. The van der Waals surface area contributed by atoms with E-state index >= 15 is 0 Å². The van der Waals surface area contributed by atoms with Crippen LogP contribution in [0.15, 0.2) is 0 Å². The van der Waals surface area contributed by atoms with E-state index in [-0.39, 0.29) is 17.2 Å². The zero-order valence-electron chi connectivity index (χ0n) is 18.4. The van der Waals surface area contributed by atoms with Crippen LogP contribution in [0, 0.1) is 10.8 Å². The van der Waals surface area contributed by atoms with Crippen LogP contribution >= 0.6 is 0 Å². The molecule has 0 atom stereocenters. The number of amides is 2. The second kappa shape index (κ2) is 10.8. The summed E-state index contributed by atoms with van der Waals surface area (Å²) in [5.41, 5.74) is -0.417. The van der Waals surface area contributed by atoms with Crippen molar-refractivity contribution in [3.63, 3.8) is 0 Å². The number of carbonyl (C=O) groups excluding carboxylic acids is 2. The molecule has 2 aliphatic carbocycles. The molecule has 2 saturated carbocycles. The Kier molecular flexibility index (Phi) is 8.98. The lowest BCUT2D eigenvalue weighted by Gasteiger charge is -2.14. The first-order valence-electron chi connectivity index (χ1n) is 11.5. The average Bonchev–Trinajstić information content (AvgIpc) is 3.56. The molecule has 0 saturated heterocycles. The topological polar surface area (TPSA) is 92.3 Å². The summed E-state index contributed by atoms with van der Waals surface area (Å²) in [7, 11) is -1.71. The third-order valence-corrected chi connectivity index (χ3v) is 7.29. The van der Waals surface area contributed by atoms with Crippen LogP contribution in [0.5, 0.6) is 0 Å². The molecule has 2 N–H and O–H groups in total. The molecule has 0 bridgehead atoms. The third kappa shape index (κ3) is 8.27. The van der Waals surface area contributed by atoms with Crippen molar-refractivity contribution in [1.29, 1.82) is 0 Å². The van der Waals surface area contributed by atoms with Gasteiger partial charge in [-0.15, -0.1) is 0 Å². The Morgan fingerprint density at radius 2 is 1.03 bits per heavy atom. The molecule has 0 aromatic heterocycles. The van der Waals surface area contributed by atoms with Crippen molar-refractivity contribution >= 4 is 21.8 Å². The first kappa shape index (κ1) is 24.2. The quantitative estimate of drug-likeness (QED) is 0.363. The molecular formula is C22H40N2O4S. The summed E-state index contributed by atoms with van der Waals surface area (Å²) in [5.74, 6) is -0.0657. The molecule has 2 aliphatic rings. The summed E-state index contributed by atoms with van der Waals surface area (Å²) < 4.78 is 24.6. The van der Waals surface area contributed by atoms with Gasteiger partial charge in [0.2, 0.25) is 21.8 Å². The molecule has 7 heteroatoms. The number of unbranched alkanes of at least 4 members (excludes halogenated alkanes) is 9. The highest BCUT2D eigenvalue weighted by molar-refractivity contribution is 7.89. The molecule has 0 aromatic carbocycles. The predicted molar refractivity (Wildman–Crippen MR) is 116 cm³/mol. The molecule has 0 aromatic rings. The minimum atomic E-state index is -3.45. The van der Waals surface area contributed by atoms with E-state index in [2.05, 4.69) is 10.0 Å². The molecule has 29 heavy (non-hydrogen) atoms. The fraction of sp³-hybridized carbons (Fsp3) is 0.909. The minimum absolute atomic E-state index is 0.0146. The van der Waals surface area contributed by atoms with Gasteiger partial charge in [0.1, 0.15) is 0 Å². The van der Waals surface area contributed by atoms with Crippen LogP contribution in [0.4, 0.5) is 0 Å². The van der Waals surface area contributed by atoms with Crippen LogP contribution in [0.1, 0.15) is 103 Å². The van der Waals surface area contributed by atoms with E-state index in [0.29, 0.717) is 0 Å². The second-order valence-corrected chi connectivity index (χ2v) is 11.1. The van der Waals surface area contributed by atoms with Crippen molar-refractivity contribution < 1.29 is 18.0 Å². The van der Waals surface area contributed by atoms with E-state index in [0.717, 1.165) is 57.6 Å². The first-order chi connectivity index (χ1) is 13.7. The summed E-state index contributed by atoms with van der Waals surface area (Å²) in [4.78, 5) is 23.9. The molecule has 0 spiro atoms. The number of rotatable bonds is 16. The standard InChI is InChI=1S/C22H40N2O4S/c1-23-19(25)21(15-16-21)13-11-9-7-5-3-4-6-8-10-12-14-22(17-18-22)20(26)24-29(2,27)28/h3-18H2,1-2H3,(H,23,25)(H,24,26). The lowest BCUT2D eigenvalue weighted by molar-refractivity contribution is -0.126. The Balaban J connectivity index is 1.39. The molecular weight excluding hydrogens is 388 g/mol. The largest absolute Gasteiger partial charge is 0.359 e. The van der Waals surface area contributed by atoms with Gasteiger partial charge < -0.3 is 5.32 Å². The summed E-state index contributed by atoms with van der Waals surface area (Å²) in [6.45, 7) is 0. The van der Waals surface area contributed by atoms with Gasteiger partial charge >= 0.3 is 0 Å². The molecule has 2 rings (SSSR count). The highest BCUT2D eigenvalue weighted by atomic mass is 32.2. The number of carbonyl (C=O) groups is 2. The highest BCUT2D eigenvalue weighted by Crippen LogP contribution is 2.51. The van der Waals surface area contributed by atoms with Crippen molar-refractivity contribution in [2.45, 2.75) is 103 Å². The number of nitrogens with one attached hydrogen (secondary N) is 2. The Bertz CT molecular complexity index is 652. The van der Waals surface area contributed by atoms with E-state index < -0.39 is 15.4 Å². The summed E-state index contributed by atoms with van der Waals surface area (Å²) in [5, 5.41) is 2.80. The fourth-order valence-electron chi connectivity index (χ4n) is 4.37. The van der Waals surface area contributed by atoms with Crippen LogP contribution in [0.25, 0.3) is 0 Å². The van der Waals surface area contributed by atoms with Gasteiger partial charge in [0.05, 0.1) is 11.7 Å². The van der Waals surface area contributed by atoms with Crippen LogP contribution < -0.4 is 10.0 Å². The molecule has 6 nitrogen and oxygen atoms in total. The molecule has 0 heterocycles. The monoisotopic (exact) mass is 428 g/mol. The number of sulfonamides is 1. The van der Waals surface area contributed by atoms with Crippen molar-refractivity contribution in [3.8, 4) is 0 Å². The first-order valence-corrected chi connectivity index (χ1v) is 13.4. The molecule has 0 aliphatic heterocycles. The maximum absolute atomic E-state index is 12.1. The van der Waals surface area contributed by atoms with E-state index in [9.17, 15) is 18.0 Å². The van der Waals surface area contributed by atoms with Crippen LogP contribution in [0.2, 0.25) is 0 Å². The zero-order chi connectivity index (χ0) is 21.4. The van der Waals surface area contributed by atoms with Crippen LogP contribution in [-0.2, 0) is 19.6 Å². The number of hydrogen-bond acceptors (Lipinski definition) is 4. The normalized spacial score (nSPS) is 18.8. The van der Waals surface area contributed by atoms with Gasteiger partial charge in [-0.25, -0.2) is 8.42 Å². The average molecular weight is 429 g/mol. The van der Waals surface area contributed by atoms with Crippen molar-refractivity contribution in [1.82, 2.24) is 10.0 Å². The van der Waals surface area contributed by atoms with E-state index in [1.807, 2.05) is 0 Å². The van der Waals surface area contributed by atoms with E-state index in [4.69, 9.17) is 0 Å². The van der Waals surface area contributed by atoms with Gasteiger partial charge in [-0.1, -0.05) is 64.2 Å².